The van der Waals surface area contributed by atoms with Crippen LogP contribution in [0.15, 0.2) is 0 Å². The molecule has 17 heavy (non-hydrogen) atoms. The Morgan fingerprint density at radius 2 is 1.59 bits per heavy atom. The van der Waals surface area contributed by atoms with Crippen LogP contribution in [0.5, 0.6) is 0 Å². The Bertz CT molecular complexity index is 425. The molecule has 2 heterocycles. The summed E-state index contributed by atoms with van der Waals surface area (Å²) in [5.74, 6) is -1.46. The highest BCUT2D eigenvalue weighted by Crippen LogP contribution is 2.51. The number of ketones is 1. The van der Waals surface area contributed by atoms with Crippen molar-refractivity contribution in [2.45, 2.75) is 51.7 Å². The van der Waals surface area contributed by atoms with Crippen LogP contribution in [0.1, 0.15) is 40.5 Å². The van der Waals surface area contributed by atoms with E-state index in [0.717, 1.165) is 0 Å². The molecule has 0 aromatic rings. The molecule has 0 bridgehead atoms. The summed E-state index contributed by atoms with van der Waals surface area (Å²) in [5.41, 5.74) is -3.17. The maximum Gasteiger partial charge on any atom is 0.324 e. The van der Waals surface area contributed by atoms with E-state index in [0.29, 0.717) is 0 Å². The van der Waals surface area contributed by atoms with Gasteiger partial charge in [-0.1, -0.05) is 0 Å². The van der Waals surface area contributed by atoms with E-state index in [9.17, 15) is 14.4 Å². The van der Waals surface area contributed by atoms with Crippen LogP contribution in [0.4, 0.5) is 0 Å². The summed E-state index contributed by atoms with van der Waals surface area (Å²) < 4.78 is 10.3. The van der Waals surface area contributed by atoms with Gasteiger partial charge in [0.25, 0.3) is 0 Å². The van der Waals surface area contributed by atoms with Gasteiger partial charge in [-0.3, -0.25) is 14.4 Å². The molecule has 0 radical (unpaired) electrons. The maximum absolute atomic E-state index is 11.9. The first-order valence-corrected chi connectivity index (χ1v) is 5.59. The number of carbonyl (C=O) groups is 3. The van der Waals surface area contributed by atoms with Gasteiger partial charge in [0.05, 0.1) is 0 Å². The lowest BCUT2D eigenvalue weighted by Gasteiger charge is -2.19. The zero-order valence-electron chi connectivity index (χ0n) is 10.5. The minimum absolute atomic E-state index is 0.0798. The van der Waals surface area contributed by atoms with Crippen LogP contribution in [-0.2, 0) is 23.9 Å². The van der Waals surface area contributed by atoms with Crippen LogP contribution in [0.3, 0.4) is 0 Å². The summed E-state index contributed by atoms with van der Waals surface area (Å²) in [4.78, 5) is 35.3. The number of hydrogen-bond donors (Lipinski definition) is 0. The highest BCUT2D eigenvalue weighted by molar-refractivity contribution is 6.06. The molecule has 0 aromatic heterocycles. The van der Waals surface area contributed by atoms with Gasteiger partial charge in [0, 0.05) is 12.8 Å². The zero-order valence-corrected chi connectivity index (χ0v) is 10.5. The molecule has 2 fully saturated rings. The minimum atomic E-state index is -1.29. The van der Waals surface area contributed by atoms with E-state index in [1.54, 1.807) is 20.8 Å². The molecule has 5 heteroatoms. The van der Waals surface area contributed by atoms with Crippen LogP contribution in [0.25, 0.3) is 0 Å². The highest BCUT2D eigenvalue weighted by Gasteiger charge is 2.67. The summed E-state index contributed by atoms with van der Waals surface area (Å²) in [5, 5.41) is 0. The average Bonchev–Trinajstić information content (AvgIpc) is 2.50. The molecule has 0 N–H and O–H groups in total. The molecule has 2 rings (SSSR count). The second-order valence-corrected chi connectivity index (χ2v) is 5.76. The second kappa shape index (κ2) is 3.09. The summed E-state index contributed by atoms with van der Waals surface area (Å²) in [6.45, 7) is 6.39. The summed E-state index contributed by atoms with van der Waals surface area (Å²) in [6.07, 6.45) is 0.344. The van der Waals surface area contributed by atoms with E-state index in [1.807, 2.05) is 0 Å². The Balaban J connectivity index is 2.39. The Labute approximate surface area is 99.5 Å². The summed E-state index contributed by atoms with van der Waals surface area (Å²) in [6, 6.07) is 0. The van der Waals surface area contributed by atoms with Crippen LogP contribution < -0.4 is 0 Å². The number of cyclic esters (lactones) is 2. The first-order chi connectivity index (χ1) is 7.61. The topological polar surface area (TPSA) is 69.7 Å². The van der Waals surface area contributed by atoms with Gasteiger partial charge in [-0.2, -0.15) is 0 Å². The van der Waals surface area contributed by atoms with E-state index in [-0.39, 0.29) is 18.6 Å². The van der Waals surface area contributed by atoms with Crippen molar-refractivity contribution >= 4 is 17.7 Å². The van der Waals surface area contributed by atoms with Gasteiger partial charge in [-0.15, -0.1) is 0 Å². The van der Waals surface area contributed by atoms with Crippen molar-refractivity contribution in [1.82, 2.24) is 0 Å². The van der Waals surface area contributed by atoms with Gasteiger partial charge >= 0.3 is 11.9 Å². The minimum Gasteiger partial charge on any atom is -0.459 e. The molecule has 0 unspecified atom stereocenters. The number of carbonyl (C=O) groups excluding carboxylic acids is 3. The molecular formula is C12H16O5. The number of hydrogen-bond acceptors (Lipinski definition) is 5. The van der Waals surface area contributed by atoms with Gasteiger partial charge in [0.1, 0.15) is 5.60 Å². The SMILES string of the molecule is CC(=O)[C@@]1(C)C[C@@]2(CC(C)(C)OC2=O)C(=O)O1. The van der Waals surface area contributed by atoms with Crippen LogP contribution in [0.2, 0.25) is 0 Å². The molecule has 2 atom stereocenters. The van der Waals surface area contributed by atoms with E-state index in [4.69, 9.17) is 9.47 Å². The molecule has 0 aliphatic carbocycles. The fourth-order valence-corrected chi connectivity index (χ4v) is 2.66. The Morgan fingerprint density at radius 1 is 1.06 bits per heavy atom. The van der Waals surface area contributed by atoms with Crippen molar-refractivity contribution in [1.29, 1.82) is 0 Å². The Morgan fingerprint density at radius 3 is 1.94 bits per heavy atom. The van der Waals surface area contributed by atoms with Gasteiger partial charge in [0.2, 0.25) is 0 Å². The van der Waals surface area contributed by atoms with Crippen molar-refractivity contribution in [3.8, 4) is 0 Å². The van der Waals surface area contributed by atoms with Gasteiger partial charge < -0.3 is 9.47 Å². The standard InChI is InChI=1S/C12H16O5/c1-7(13)11(4)6-12(9(15)17-11)5-10(2,3)16-8(12)14/h5-6H2,1-4H3/t11-,12-/m1/s1. The Hall–Kier alpha value is -1.39. The monoisotopic (exact) mass is 240 g/mol. The highest BCUT2D eigenvalue weighted by atomic mass is 16.6. The molecule has 2 saturated heterocycles. The molecular weight excluding hydrogens is 224 g/mol. The predicted octanol–water partition coefficient (Wildman–Crippen LogP) is 0.993. The normalized spacial score (nSPS) is 39.3. The molecule has 5 nitrogen and oxygen atoms in total. The Kier molecular flexibility index (Phi) is 2.19. The number of ether oxygens (including phenoxy) is 2. The number of esters is 2. The second-order valence-electron chi connectivity index (χ2n) is 5.76. The number of rotatable bonds is 1. The molecule has 94 valence electrons. The first kappa shape index (κ1) is 12.1. The molecule has 1 spiro atoms. The lowest BCUT2D eigenvalue weighted by molar-refractivity contribution is -0.163. The van der Waals surface area contributed by atoms with Gasteiger partial charge in [-0.25, -0.2) is 0 Å². The van der Waals surface area contributed by atoms with Crippen LogP contribution >= 0.6 is 0 Å². The third-order valence-corrected chi connectivity index (χ3v) is 3.58. The molecule has 2 aliphatic rings. The fourth-order valence-electron chi connectivity index (χ4n) is 2.66. The zero-order chi connectivity index (χ0) is 13.1. The van der Waals surface area contributed by atoms with E-state index < -0.39 is 28.6 Å². The largest absolute Gasteiger partial charge is 0.459 e. The fraction of sp³-hybridized carbons (Fsp3) is 0.750. The van der Waals surface area contributed by atoms with Crippen molar-refractivity contribution in [3.63, 3.8) is 0 Å². The molecule has 0 amide bonds. The van der Waals surface area contributed by atoms with Gasteiger partial charge in [-0.05, 0) is 27.7 Å². The van der Waals surface area contributed by atoms with Crippen molar-refractivity contribution in [2.75, 3.05) is 0 Å². The third-order valence-electron chi connectivity index (χ3n) is 3.58. The van der Waals surface area contributed by atoms with Crippen LogP contribution in [0, 0.1) is 5.41 Å². The molecule has 2 aliphatic heterocycles. The lowest BCUT2D eigenvalue weighted by Crippen LogP contribution is -2.35. The quantitative estimate of drug-likeness (QED) is 0.505. The van der Waals surface area contributed by atoms with Crippen molar-refractivity contribution < 1.29 is 23.9 Å². The molecule has 0 aromatic carbocycles. The number of Topliss-reactive ketones (excluding diaryl/α,β-unsaturated/α-hetero) is 1. The maximum atomic E-state index is 11.9. The van der Waals surface area contributed by atoms with E-state index in [1.165, 1.54) is 6.92 Å². The third kappa shape index (κ3) is 1.56. The lowest BCUT2D eigenvalue weighted by atomic mass is 9.75. The van der Waals surface area contributed by atoms with E-state index >= 15 is 0 Å². The molecule has 0 saturated carbocycles. The van der Waals surface area contributed by atoms with Crippen molar-refractivity contribution in [3.05, 3.63) is 0 Å². The average molecular weight is 240 g/mol. The van der Waals surface area contributed by atoms with Crippen molar-refractivity contribution in [2.24, 2.45) is 5.41 Å². The summed E-state index contributed by atoms with van der Waals surface area (Å²) in [7, 11) is 0. The smallest absolute Gasteiger partial charge is 0.324 e. The first-order valence-electron chi connectivity index (χ1n) is 5.59. The van der Waals surface area contributed by atoms with E-state index in [2.05, 4.69) is 0 Å². The van der Waals surface area contributed by atoms with Crippen LogP contribution in [-0.4, -0.2) is 28.9 Å². The predicted molar refractivity (Wildman–Crippen MR) is 57.0 cm³/mol. The van der Waals surface area contributed by atoms with Gasteiger partial charge in [0.15, 0.2) is 16.8 Å². The summed E-state index contributed by atoms with van der Waals surface area (Å²) >= 11 is 0.